The highest BCUT2D eigenvalue weighted by atomic mass is 19.4. The van der Waals surface area contributed by atoms with Crippen LogP contribution in [0.3, 0.4) is 0 Å². The van der Waals surface area contributed by atoms with Crippen molar-refractivity contribution in [3.63, 3.8) is 0 Å². The van der Waals surface area contributed by atoms with E-state index in [0.29, 0.717) is 12.1 Å². The molecule has 0 fully saturated rings. The molecule has 0 bridgehead atoms. The molecule has 2 heterocycles. The lowest BCUT2D eigenvalue weighted by Crippen LogP contribution is -2.35. The van der Waals surface area contributed by atoms with Gasteiger partial charge in [0.25, 0.3) is 11.5 Å². The normalized spacial score (nSPS) is 11.4. The first-order valence-corrected chi connectivity index (χ1v) is 5.99. The molecule has 1 amide bonds. The third-order valence-electron chi connectivity index (χ3n) is 2.93. The number of aromatic amines is 1. The molecule has 0 unspecified atom stereocenters. The predicted molar refractivity (Wildman–Crippen MR) is 69.3 cm³/mol. The van der Waals surface area contributed by atoms with Gasteiger partial charge in [-0.3, -0.25) is 19.0 Å². The molecule has 0 saturated heterocycles. The number of amides is 1. The maximum absolute atomic E-state index is 13.0. The molecule has 2 rings (SSSR count). The number of nitrogens with one attached hydrogen (secondary N) is 1. The van der Waals surface area contributed by atoms with E-state index in [9.17, 15) is 27.6 Å². The number of hydrogen-bond donors (Lipinski definition) is 2. The molecule has 0 aliphatic carbocycles. The van der Waals surface area contributed by atoms with E-state index < -0.39 is 41.2 Å². The Hall–Kier alpha value is -2.84. The molecule has 0 atom stereocenters. The van der Waals surface area contributed by atoms with Crippen LogP contribution in [0.25, 0.3) is 0 Å². The summed E-state index contributed by atoms with van der Waals surface area (Å²) in [5.41, 5.74) is 1.78. The van der Waals surface area contributed by atoms with Crippen molar-refractivity contribution in [1.82, 2.24) is 9.55 Å². The molecule has 2 aromatic heterocycles. The van der Waals surface area contributed by atoms with Gasteiger partial charge in [0, 0.05) is 6.20 Å². The van der Waals surface area contributed by atoms with Crippen molar-refractivity contribution in [3.8, 4) is 0 Å². The van der Waals surface area contributed by atoms with E-state index in [1.165, 1.54) is 18.3 Å². The van der Waals surface area contributed by atoms with Crippen molar-refractivity contribution in [3.05, 3.63) is 57.8 Å². The number of pyridine rings is 1. The summed E-state index contributed by atoms with van der Waals surface area (Å²) in [7, 11) is 0. The van der Waals surface area contributed by atoms with E-state index in [-0.39, 0.29) is 10.3 Å². The number of nitrogens with zero attached hydrogens (tertiary/aromatic N) is 1. The van der Waals surface area contributed by atoms with Crippen LogP contribution in [0.1, 0.15) is 26.5 Å². The zero-order valence-electron chi connectivity index (χ0n) is 11.0. The van der Waals surface area contributed by atoms with Gasteiger partial charge in [0.1, 0.15) is 11.3 Å². The van der Waals surface area contributed by atoms with Gasteiger partial charge >= 0.3 is 6.18 Å². The lowest BCUT2D eigenvalue weighted by molar-refractivity contribution is -0.144. The maximum Gasteiger partial charge on any atom is 0.431 e. The number of H-pyrrole nitrogens is 1. The van der Waals surface area contributed by atoms with Crippen LogP contribution < -0.4 is 11.3 Å². The lowest BCUT2D eigenvalue weighted by atomic mass is 10.2. The highest BCUT2D eigenvalue weighted by molar-refractivity contribution is 5.95. The van der Waals surface area contributed by atoms with Crippen molar-refractivity contribution in [2.75, 3.05) is 0 Å². The van der Waals surface area contributed by atoms with Gasteiger partial charge in [0.05, 0.1) is 12.2 Å². The number of rotatable bonds is 4. The molecule has 0 aliphatic heterocycles. The Morgan fingerprint density at radius 3 is 2.41 bits per heavy atom. The quantitative estimate of drug-likeness (QED) is 0.829. The van der Waals surface area contributed by atoms with Gasteiger partial charge in [-0.15, -0.1) is 0 Å². The van der Waals surface area contributed by atoms with Gasteiger partial charge in [0.15, 0.2) is 5.78 Å². The molecule has 22 heavy (non-hydrogen) atoms. The Labute approximate surface area is 121 Å². The Balaban J connectivity index is 2.56. The number of alkyl halides is 3. The molecule has 0 aliphatic rings. The zero-order valence-corrected chi connectivity index (χ0v) is 11.0. The van der Waals surface area contributed by atoms with Gasteiger partial charge in [-0.25, -0.2) is 0 Å². The van der Waals surface area contributed by atoms with E-state index in [4.69, 9.17) is 5.73 Å². The fourth-order valence-corrected chi connectivity index (χ4v) is 1.90. The number of nitrogens with two attached hydrogens (primary N) is 1. The van der Waals surface area contributed by atoms with Crippen molar-refractivity contribution < 1.29 is 22.8 Å². The number of ketones is 1. The van der Waals surface area contributed by atoms with Crippen molar-refractivity contribution in [1.29, 1.82) is 0 Å². The largest absolute Gasteiger partial charge is 0.431 e. The Bertz CT molecular complexity index is 776. The van der Waals surface area contributed by atoms with Crippen LogP contribution in [-0.4, -0.2) is 21.2 Å². The SMILES string of the molecule is NC(=O)c1ccc(C(F)(F)F)n(CC(=O)c2ccc[nH]2)c1=O. The summed E-state index contributed by atoms with van der Waals surface area (Å²) >= 11 is 0. The number of carbonyl (C=O) groups excluding carboxylic acids is 2. The van der Waals surface area contributed by atoms with Crippen LogP contribution >= 0.6 is 0 Å². The maximum atomic E-state index is 13.0. The first-order valence-electron chi connectivity index (χ1n) is 5.99. The first kappa shape index (κ1) is 15.5. The van der Waals surface area contributed by atoms with Gasteiger partial charge in [-0.1, -0.05) is 0 Å². The second-order valence-corrected chi connectivity index (χ2v) is 4.39. The number of Topliss-reactive ketones (excluding diaryl/α,β-unsaturated/α-hetero) is 1. The molecule has 0 spiro atoms. The standard InChI is InChI=1S/C13H10F3N3O3/c14-13(15,16)10-4-3-7(11(17)21)12(22)19(10)6-9(20)8-2-1-5-18-8/h1-5,18H,6H2,(H2,17,21). The molecule has 0 aromatic carbocycles. The van der Waals surface area contributed by atoms with Crippen molar-refractivity contribution >= 4 is 11.7 Å². The van der Waals surface area contributed by atoms with Gasteiger partial charge in [-0.05, 0) is 24.3 Å². The fourth-order valence-electron chi connectivity index (χ4n) is 1.90. The molecule has 0 radical (unpaired) electrons. The van der Waals surface area contributed by atoms with Crippen molar-refractivity contribution in [2.24, 2.45) is 5.73 Å². The van der Waals surface area contributed by atoms with Crippen LogP contribution in [0.2, 0.25) is 0 Å². The number of carbonyl (C=O) groups is 2. The minimum atomic E-state index is -4.86. The lowest BCUT2D eigenvalue weighted by Gasteiger charge is -2.15. The summed E-state index contributed by atoms with van der Waals surface area (Å²) in [5.74, 6) is -1.90. The number of primary amides is 1. The second-order valence-electron chi connectivity index (χ2n) is 4.39. The predicted octanol–water partition coefficient (Wildman–Crippen LogP) is 1.18. The van der Waals surface area contributed by atoms with Gasteiger partial charge < -0.3 is 10.7 Å². The van der Waals surface area contributed by atoms with E-state index in [0.717, 1.165) is 0 Å². The summed E-state index contributed by atoms with van der Waals surface area (Å²) in [4.78, 5) is 37.5. The zero-order chi connectivity index (χ0) is 16.5. The summed E-state index contributed by atoms with van der Waals surface area (Å²) in [6.07, 6.45) is -3.44. The summed E-state index contributed by atoms with van der Waals surface area (Å²) < 4.78 is 39.1. The summed E-state index contributed by atoms with van der Waals surface area (Å²) in [5, 5.41) is 0. The van der Waals surface area contributed by atoms with Crippen LogP contribution in [0.4, 0.5) is 13.2 Å². The molecular formula is C13H10F3N3O3. The average Bonchev–Trinajstić information content (AvgIpc) is 2.93. The smallest absolute Gasteiger partial charge is 0.365 e. The highest BCUT2D eigenvalue weighted by Crippen LogP contribution is 2.28. The fraction of sp³-hybridized carbons (Fsp3) is 0.154. The summed E-state index contributed by atoms with van der Waals surface area (Å²) in [6, 6.07) is 4.09. The minimum absolute atomic E-state index is 0.0458. The first-order chi connectivity index (χ1) is 10.2. The number of hydrogen-bond acceptors (Lipinski definition) is 3. The summed E-state index contributed by atoms with van der Waals surface area (Å²) in [6.45, 7) is -0.866. The van der Waals surface area contributed by atoms with Crippen LogP contribution in [0.15, 0.2) is 35.3 Å². The van der Waals surface area contributed by atoms with Crippen LogP contribution in [0.5, 0.6) is 0 Å². The molecular weight excluding hydrogens is 303 g/mol. The third-order valence-corrected chi connectivity index (χ3v) is 2.93. The molecule has 0 saturated carbocycles. The molecule has 6 nitrogen and oxygen atoms in total. The second kappa shape index (κ2) is 5.51. The topological polar surface area (TPSA) is 97.9 Å². The number of aromatic nitrogens is 2. The van der Waals surface area contributed by atoms with E-state index in [2.05, 4.69) is 4.98 Å². The van der Waals surface area contributed by atoms with Crippen LogP contribution in [-0.2, 0) is 12.7 Å². The Morgan fingerprint density at radius 1 is 1.23 bits per heavy atom. The third kappa shape index (κ3) is 2.92. The minimum Gasteiger partial charge on any atom is -0.365 e. The Morgan fingerprint density at radius 2 is 1.91 bits per heavy atom. The average molecular weight is 313 g/mol. The Kier molecular flexibility index (Phi) is 3.89. The van der Waals surface area contributed by atoms with Crippen molar-refractivity contribution in [2.45, 2.75) is 12.7 Å². The van der Waals surface area contributed by atoms with Gasteiger partial charge in [0.2, 0.25) is 0 Å². The van der Waals surface area contributed by atoms with E-state index >= 15 is 0 Å². The number of halogens is 3. The molecule has 2 aromatic rings. The van der Waals surface area contributed by atoms with E-state index in [1.807, 2.05) is 0 Å². The van der Waals surface area contributed by atoms with Gasteiger partial charge in [-0.2, -0.15) is 13.2 Å². The van der Waals surface area contributed by atoms with Crippen LogP contribution in [0, 0.1) is 0 Å². The molecule has 3 N–H and O–H groups in total. The van der Waals surface area contributed by atoms with E-state index in [1.54, 1.807) is 0 Å². The molecule has 9 heteroatoms. The highest BCUT2D eigenvalue weighted by Gasteiger charge is 2.35. The monoisotopic (exact) mass is 313 g/mol. The molecule has 116 valence electrons.